The van der Waals surface area contributed by atoms with Crippen molar-refractivity contribution in [1.82, 2.24) is 4.72 Å². The molecule has 0 spiro atoms. The highest BCUT2D eigenvalue weighted by Crippen LogP contribution is 2.20. The molecule has 0 aliphatic heterocycles. The average molecular weight is 326 g/mol. The summed E-state index contributed by atoms with van der Waals surface area (Å²) < 4.78 is 69.3. The lowest BCUT2D eigenvalue weighted by Gasteiger charge is -2.16. The van der Waals surface area contributed by atoms with Gasteiger partial charge < -0.3 is 10.5 Å². The quantitative estimate of drug-likeness (QED) is 0.741. The number of alkyl halides is 2. The van der Waals surface area contributed by atoms with E-state index < -0.39 is 51.3 Å². The van der Waals surface area contributed by atoms with Crippen molar-refractivity contribution in [2.24, 2.45) is 5.73 Å². The molecule has 118 valence electrons. The van der Waals surface area contributed by atoms with Crippen molar-refractivity contribution < 1.29 is 31.1 Å². The van der Waals surface area contributed by atoms with Gasteiger partial charge in [0.2, 0.25) is 10.0 Å². The Kier molecular flexibility index (Phi) is 5.31. The zero-order chi connectivity index (χ0) is 16.3. The van der Waals surface area contributed by atoms with E-state index in [2.05, 4.69) is 4.74 Å². The van der Waals surface area contributed by atoms with E-state index in [4.69, 9.17) is 5.73 Å². The van der Waals surface area contributed by atoms with Crippen LogP contribution in [-0.2, 0) is 14.8 Å². The van der Waals surface area contributed by atoms with Crippen molar-refractivity contribution in [3.8, 4) is 0 Å². The van der Waals surface area contributed by atoms with Crippen LogP contribution in [0.4, 0.5) is 13.2 Å². The van der Waals surface area contributed by atoms with Gasteiger partial charge in [-0.3, -0.25) is 0 Å². The Bertz CT molecular complexity index is 634. The molecule has 6 nitrogen and oxygen atoms in total. The van der Waals surface area contributed by atoms with Gasteiger partial charge in [0.15, 0.2) is 0 Å². The fraction of sp³-hybridized carbons (Fsp3) is 0.364. The second-order valence-electron chi connectivity index (χ2n) is 3.99. The third-order valence-electron chi connectivity index (χ3n) is 2.47. The number of hydrogen-bond donors (Lipinski definition) is 2. The summed E-state index contributed by atoms with van der Waals surface area (Å²) in [5.41, 5.74) is 3.92. The number of carbonyl (C=O) groups is 1. The Morgan fingerprint density at radius 1 is 1.43 bits per heavy atom. The molecule has 21 heavy (non-hydrogen) atoms. The van der Waals surface area contributed by atoms with E-state index in [9.17, 15) is 26.4 Å². The lowest BCUT2D eigenvalue weighted by Crippen LogP contribution is -2.41. The first-order valence-electron chi connectivity index (χ1n) is 5.59. The number of hydrogen-bond acceptors (Lipinski definition) is 5. The molecule has 1 aromatic carbocycles. The van der Waals surface area contributed by atoms with Crippen LogP contribution >= 0.6 is 0 Å². The van der Waals surface area contributed by atoms with Gasteiger partial charge in [0.1, 0.15) is 11.4 Å². The Balaban J connectivity index is 3.21. The predicted molar refractivity (Wildman–Crippen MR) is 66.9 cm³/mol. The molecule has 0 saturated carbocycles. The van der Waals surface area contributed by atoms with Gasteiger partial charge in [0.05, 0.1) is 25.1 Å². The van der Waals surface area contributed by atoms with E-state index in [1.165, 1.54) is 0 Å². The topological polar surface area (TPSA) is 98.5 Å². The summed E-state index contributed by atoms with van der Waals surface area (Å²) in [5.74, 6) is -5.85. The maximum atomic E-state index is 13.6. The van der Waals surface area contributed by atoms with Gasteiger partial charge in [0, 0.05) is 0 Å². The number of carbonyl (C=O) groups excluding carboxylic acids is 1. The van der Waals surface area contributed by atoms with Gasteiger partial charge in [-0.15, -0.1) is 0 Å². The molecule has 3 N–H and O–H groups in total. The minimum absolute atomic E-state index is 0.790. The normalized spacial score (nSPS) is 12.2. The van der Waals surface area contributed by atoms with E-state index in [0.29, 0.717) is 0 Å². The molecule has 0 bridgehead atoms. The van der Waals surface area contributed by atoms with Crippen molar-refractivity contribution in [3.63, 3.8) is 0 Å². The van der Waals surface area contributed by atoms with E-state index in [1.54, 1.807) is 4.72 Å². The van der Waals surface area contributed by atoms with Crippen LogP contribution in [-0.4, -0.2) is 40.5 Å². The van der Waals surface area contributed by atoms with Gasteiger partial charge in [-0.1, -0.05) is 6.07 Å². The molecule has 0 aliphatic rings. The van der Waals surface area contributed by atoms with E-state index in [1.807, 2.05) is 0 Å². The fourth-order valence-corrected chi connectivity index (χ4v) is 2.64. The Hall–Kier alpha value is -1.65. The fourth-order valence-electron chi connectivity index (χ4n) is 1.38. The van der Waals surface area contributed by atoms with Crippen LogP contribution in [0.5, 0.6) is 0 Å². The van der Waals surface area contributed by atoms with Crippen LogP contribution in [0.3, 0.4) is 0 Å². The third-order valence-corrected chi connectivity index (χ3v) is 3.92. The van der Waals surface area contributed by atoms with Crippen LogP contribution in [0.1, 0.15) is 10.4 Å². The predicted octanol–water partition coefficient (Wildman–Crippen LogP) is 0.485. The van der Waals surface area contributed by atoms with Gasteiger partial charge in [-0.05, 0) is 12.1 Å². The van der Waals surface area contributed by atoms with Crippen molar-refractivity contribution in [2.75, 3.05) is 20.2 Å². The molecule has 0 atom stereocenters. The minimum atomic E-state index is -4.54. The van der Waals surface area contributed by atoms with E-state index in [-0.39, 0.29) is 0 Å². The zero-order valence-corrected chi connectivity index (χ0v) is 11.7. The van der Waals surface area contributed by atoms with Crippen molar-refractivity contribution >= 4 is 16.0 Å². The van der Waals surface area contributed by atoms with E-state index >= 15 is 0 Å². The number of methoxy groups -OCH3 is 1. The largest absolute Gasteiger partial charge is 0.465 e. The third kappa shape index (κ3) is 4.16. The Morgan fingerprint density at radius 3 is 2.57 bits per heavy atom. The van der Waals surface area contributed by atoms with Crippen molar-refractivity contribution in [1.29, 1.82) is 0 Å². The van der Waals surface area contributed by atoms with Crippen LogP contribution < -0.4 is 10.5 Å². The van der Waals surface area contributed by atoms with Crippen molar-refractivity contribution in [3.05, 3.63) is 29.6 Å². The number of rotatable bonds is 6. The monoisotopic (exact) mass is 326 g/mol. The first kappa shape index (κ1) is 17.4. The van der Waals surface area contributed by atoms with Gasteiger partial charge in [-0.2, -0.15) is 0 Å². The first-order valence-corrected chi connectivity index (χ1v) is 7.07. The Morgan fingerprint density at radius 2 is 2.05 bits per heavy atom. The lowest BCUT2D eigenvalue weighted by molar-refractivity contribution is 0.0170. The van der Waals surface area contributed by atoms with Crippen LogP contribution in [0.2, 0.25) is 0 Å². The van der Waals surface area contributed by atoms with E-state index in [0.717, 1.165) is 25.3 Å². The SMILES string of the molecule is COC(=O)c1c(F)cccc1S(=O)(=O)NCC(F)(F)CN. The average Bonchev–Trinajstić information content (AvgIpc) is 2.44. The van der Waals surface area contributed by atoms with Gasteiger partial charge >= 0.3 is 5.97 Å². The lowest BCUT2D eigenvalue weighted by atomic mass is 10.2. The molecule has 1 rings (SSSR count). The molecule has 0 amide bonds. The standard InChI is InChI=1S/C11H13F3N2O4S/c1-20-10(17)9-7(12)3-2-4-8(9)21(18,19)16-6-11(13,14)5-15/h2-4,16H,5-6,15H2,1H3. The van der Waals surface area contributed by atoms with Crippen LogP contribution in [0, 0.1) is 5.82 Å². The summed E-state index contributed by atoms with van der Waals surface area (Å²) in [6, 6.07) is 2.77. The number of halogens is 3. The molecule has 0 unspecified atom stereocenters. The second kappa shape index (κ2) is 6.41. The molecule has 1 aromatic rings. The minimum Gasteiger partial charge on any atom is -0.465 e. The molecular weight excluding hydrogens is 313 g/mol. The van der Waals surface area contributed by atoms with Gasteiger partial charge in [-0.25, -0.2) is 31.1 Å². The summed E-state index contributed by atoms with van der Waals surface area (Å²) in [4.78, 5) is 10.6. The summed E-state index contributed by atoms with van der Waals surface area (Å²) in [6.45, 7) is -2.34. The summed E-state index contributed by atoms with van der Waals surface area (Å²) >= 11 is 0. The number of sulfonamides is 1. The van der Waals surface area contributed by atoms with Crippen LogP contribution in [0.25, 0.3) is 0 Å². The van der Waals surface area contributed by atoms with Crippen LogP contribution in [0.15, 0.2) is 23.1 Å². The summed E-state index contributed by atoms with van der Waals surface area (Å²) in [6.07, 6.45) is 0. The smallest absolute Gasteiger partial charge is 0.342 e. The molecule has 0 aromatic heterocycles. The molecular formula is C11H13F3N2O4S. The highest BCUT2D eigenvalue weighted by molar-refractivity contribution is 7.89. The molecule has 0 aliphatic carbocycles. The molecule has 0 saturated heterocycles. The second-order valence-corrected chi connectivity index (χ2v) is 5.72. The molecule has 0 radical (unpaired) electrons. The zero-order valence-electron chi connectivity index (χ0n) is 10.9. The number of esters is 1. The number of benzene rings is 1. The number of nitrogens with one attached hydrogen (secondary N) is 1. The van der Waals surface area contributed by atoms with Gasteiger partial charge in [0.25, 0.3) is 5.92 Å². The number of ether oxygens (including phenoxy) is 1. The maximum absolute atomic E-state index is 13.6. The number of nitrogens with two attached hydrogens (primary N) is 1. The first-order chi connectivity index (χ1) is 9.64. The highest BCUT2D eigenvalue weighted by atomic mass is 32.2. The maximum Gasteiger partial charge on any atom is 0.342 e. The molecule has 0 fully saturated rings. The summed E-state index contributed by atoms with van der Waals surface area (Å²) in [7, 11) is -3.61. The Labute approximate surface area is 119 Å². The highest BCUT2D eigenvalue weighted by Gasteiger charge is 2.32. The van der Waals surface area contributed by atoms with Crippen molar-refractivity contribution in [2.45, 2.75) is 10.8 Å². The molecule has 10 heteroatoms. The summed E-state index contributed by atoms with van der Waals surface area (Å²) in [5, 5.41) is 0. The molecule has 0 heterocycles.